The molecule has 0 radical (unpaired) electrons. The lowest BCUT2D eigenvalue weighted by Crippen LogP contribution is -2.09. The molecule has 72 valence electrons. The Hall–Kier alpha value is -1.12. The van der Waals surface area contributed by atoms with Gasteiger partial charge in [0.15, 0.2) is 0 Å². The van der Waals surface area contributed by atoms with Crippen molar-refractivity contribution in [3.8, 4) is 0 Å². The number of hydrogen-bond acceptors (Lipinski definition) is 2. The number of nitrogens with zero attached hydrogens (tertiary/aromatic N) is 2. The van der Waals surface area contributed by atoms with Crippen LogP contribution in [-0.2, 0) is 0 Å². The zero-order valence-corrected chi connectivity index (χ0v) is 8.81. The van der Waals surface area contributed by atoms with Crippen molar-refractivity contribution in [3.05, 3.63) is 34.3 Å². The number of allylic oxidation sites excluding steroid dienone is 1. The molecular formula is C10H8Cl2N2. The van der Waals surface area contributed by atoms with E-state index in [-0.39, 0.29) is 24.8 Å². The number of aliphatic imine (C=N–C) groups is 1. The summed E-state index contributed by atoms with van der Waals surface area (Å²) in [6, 6.07) is 4.13. The molecule has 3 rings (SSSR count). The van der Waals surface area contributed by atoms with Crippen molar-refractivity contribution in [2.75, 3.05) is 0 Å². The summed E-state index contributed by atoms with van der Waals surface area (Å²) in [6.45, 7) is 0. The molecule has 0 fully saturated rings. The van der Waals surface area contributed by atoms with E-state index in [1.54, 1.807) is 6.34 Å². The Bertz CT molecular complexity index is 480. The monoisotopic (exact) mass is 226 g/mol. The smallest absolute Gasteiger partial charge is 0.116 e. The Kier molecular flexibility index (Phi) is 3.09. The van der Waals surface area contributed by atoms with Crippen LogP contribution >= 0.6 is 24.8 Å². The molecule has 1 aromatic rings. The minimum atomic E-state index is 0. The van der Waals surface area contributed by atoms with Crippen LogP contribution in [0.4, 0.5) is 5.69 Å². The Morgan fingerprint density at radius 3 is 2.79 bits per heavy atom. The normalized spacial score (nSPS) is 13.1. The van der Waals surface area contributed by atoms with Gasteiger partial charge in [-0.25, -0.2) is 9.98 Å². The zero-order valence-electron chi connectivity index (χ0n) is 7.18. The van der Waals surface area contributed by atoms with Crippen LogP contribution in [0.1, 0.15) is 5.56 Å². The molecule has 0 spiro atoms. The topological polar surface area (TPSA) is 24.7 Å². The average molecular weight is 227 g/mol. The van der Waals surface area contributed by atoms with E-state index in [0.717, 1.165) is 11.0 Å². The molecule has 1 aliphatic heterocycles. The highest BCUT2D eigenvalue weighted by Crippen LogP contribution is 2.08. The fraction of sp³-hybridized carbons (Fsp3) is 0. The van der Waals surface area contributed by atoms with Gasteiger partial charge in [-0.1, -0.05) is 18.2 Å². The summed E-state index contributed by atoms with van der Waals surface area (Å²) in [7, 11) is 0. The van der Waals surface area contributed by atoms with E-state index < -0.39 is 0 Å². The first-order valence-electron chi connectivity index (χ1n) is 3.86. The van der Waals surface area contributed by atoms with Crippen molar-refractivity contribution in [3.63, 3.8) is 0 Å². The van der Waals surface area contributed by atoms with Crippen LogP contribution in [0.5, 0.6) is 0 Å². The zero-order chi connectivity index (χ0) is 7.97. The highest BCUT2D eigenvalue weighted by Gasteiger charge is 2.03. The Balaban J connectivity index is 0.000000490. The average Bonchev–Trinajstić information content (AvgIpc) is 2.64. The summed E-state index contributed by atoms with van der Waals surface area (Å²) >= 11 is 0. The molecule has 4 heteroatoms. The van der Waals surface area contributed by atoms with Crippen molar-refractivity contribution >= 4 is 49.0 Å². The van der Waals surface area contributed by atoms with E-state index in [9.17, 15) is 0 Å². The predicted octanol–water partition coefficient (Wildman–Crippen LogP) is 1.63. The van der Waals surface area contributed by atoms with E-state index in [0.29, 0.717) is 0 Å². The largest absolute Gasteiger partial charge is 0.235 e. The number of rotatable bonds is 0. The van der Waals surface area contributed by atoms with Crippen molar-refractivity contribution in [2.24, 2.45) is 9.98 Å². The molecule has 1 heterocycles. The first kappa shape index (κ1) is 11.0. The Labute approximate surface area is 93.6 Å². The van der Waals surface area contributed by atoms with E-state index in [1.165, 1.54) is 10.8 Å². The maximum Gasteiger partial charge on any atom is 0.116 e. The van der Waals surface area contributed by atoms with Gasteiger partial charge in [-0.15, -0.1) is 24.8 Å². The summed E-state index contributed by atoms with van der Waals surface area (Å²) in [6.07, 6.45) is 7.82. The van der Waals surface area contributed by atoms with E-state index in [2.05, 4.69) is 34.3 Å². The molecule has 0 atom stereocenters. The van der Waals surface area contributed by atoms with Gasteiger partial charge in [-0.2, -0.15) is 0 Å². The first-order chi connectivity index (χ1) is 5.93. The van der Waals surface area contributed by atoms with Crippen molar-refractivity contribution in [1.82, 2.24) is 0 Å². The summed E-state index contributed by atoms with van der Waals surface area (Å²) in [5.74, 6) is 0. The highest BCUT2D eigenvalue weighted by molar-refractivity contribution is 5.85. The quantitative estimate of drug-likeness (QED) is 0.643. The summed E-state index contributed by atoms with van der Waals surface area (Å²) in [5, 5.41) is 2.22. The molecule has 0 aromatic heterocycles. The molecule has 1 aliphatic carbocycles. The van der Waals surface area contributed by atoms with E-state index >= 15 is 0 Å². The number of benzene rings is 1. The second-order valence-corrected chi connectivity index (χ2v) is 2.87. The van der Waals surface area contributed by atoms with Crippen LogP contribution < -0.4 is 10.6 Å². The van der Waals surface area contributed by atoms with E-state index in [1.807, 2.05) is 6.08 Å². The Morgan fingerprint density at radius 2 is 1.93 bits per heavy atom. The van der Waals surface area contributed by atoms with Crippen molar-refractivity contribution in [2.45, 2.75) is 0 Å². The maximum absolute atomic E-state index is 4.14. The van der Waals surface area contributed by atoms with Gasteiger partial charge in [0.1, 0.15) is 6.34 Å². The van der Waals surface area contributed by atoms with Gasteiger partial charge in [0, 0.05) is 0 Å². The summed E-state index contributed by atoms with van der Waals surface area (Å²) < 4.78 is 0. The third-order valence-corrected chi connectivity index (χ3v) is 2.13. The fourth-order valence-electron chi connectivity index (χ4n) is 1.51. The fourth-order valence-corrected chi connectivity index (χ4v) is 1.51. The molecule has 2 aliphatic rings. The van der Waals surface area contributed by atoms with Gasteiger partial charge in [0.25, 0.3) is 0 Å². The van der Waals surface area contributed by atoms with Crippen LogP contribution in [-0.4, -0.2) is 6.34 Å². The lowest BCUT2D eigenvalue weighted by Gasteiger charge is -1.92. The first-order valence-corrected chi connectivity index (χ1v) is 3.86. The van der Waals surface area contributed by atoms with Gasteiger partial charge < -0.3 is 0 Å². The number of fused-ring (bicyclic) bond motifs is 2. The highest BCUT2D eigenvalue weighted by atomic mass is 35.5. The molecule has 0 saturated carbocycles. The van der Waals surface area contributed by atoms with Gasteiger partial charge in [0.2, 0.25) is 0 Å². The van der Waals surface area contributed by atoms with Crippen molar-refractivity contribution in [1.29, 1.82) is 0 Å². The van der Waals surface area contributed by atoms with Crippen LogP contribution in [0, 0.1) is 0 Å². The van der Waals surface area contributed by atoms with Crippen LogP contribution in [0.3, 0.4) is 0 Å². The Morgan fingerprint density at radius 1 is 1.07 bits per heavy atom. The molecule has 2 nitrogen and oxygen atoms in total. The molecule has 0 N–H and O–H groups in total. The second-order valence-electron chi connectivity index (χ2n) is 2.87. The number of halogens is 2. The van der Waals surface area contributed by atoms with Crippen molar-refractivity contribution < 1.29 is 0 Å². The van der Waals surface area contributed by atoms with E-state index in [4.69, 9.17) is 0 Å². The van der Waals surface area contributed by atoms with Gasteiger partial charge in [-0.3, -0.25) is 0 Å². The molecule has 14 heavy (non-hydrogen) atoms. The van der Waals surface area contributed by atoms with Crippen LogP contribution in [0.15, 0.2) is 28.2 Å². The minimum absolute atomic E-state index is 0. The number of hydrogen-bond donors (Lipinski definition) is 0. The van der Waals surface area contributed by atoms with Gasteiger partial charge >= 0.3 is 0 Å². The SMILES string of the molecule is C1=Cc2cc3c(cc2=C1)N=CN=3.Cl.Cl. The molecule has 0 unspecified atom stereocenters. The predicted molar refractivity (Wildman–Crippen MR) is 63.4 cm³/mol. The van der Waals surface area contributed by atoms with Crippen LogP contribution in [0.25, 0.3) is 12.2 Å². The second kappa shape index (κ2) is 3.95. The molecule has 0 amide bonds. The maximum atomic E-state index is 4.14. The third kappa shape index (κ3) is 1.47. The molecular weight excluding hydrogens is 219 g/mol. The molecule has 1 aromatic carbocycles. The third-order valence-electron chi connectivity index (χ3n) is 2.13. The summed E-state index contributed by atoms with van der Waals surface area (Å²) in [4.78, 5) is 8.27. The summed E-state index contributed by atoms with van der Waals surface area (Å²) in [5.41, 5.74) is 2.22. The lowest BCUT2D eigenvalue weighted by atomic mass is 10.2. The van der Waals surface area contributed by atoms with Gasteiger partial charge in [-0.05, 0) is 22.9 Å². The van der Waals surface area contributed by atoms with Gasteiger partial charge in [0.05, 0.1) is 11.0 Å². The lowest BCUT2D eigenvalue weighted by molar-refractivity contribution is 1.42. The minimum Gasteiger partial charge on any atom is -0.235 e. The molecule has 0 saturated heterocycles. The standard InChI is InChI=1S/C10H6N2.2ClH/c1-2-7-4-9-10(12-6-11-9)5-8(7)3-1;;/h1-6H;2*1H. The van der Waals surface area contributed by atoms with Crippen LogP contribution in [0.2, 0.25) is 0 Å². The molecule has 0 bridgehead atoms.